The molecule has 6 aromatic rings. The molecule has 0 aliphatic heterocycles. The van der Waals surface area contributed by atoms with E-state index in [0.29, 0.717) is 0 Å². The van der Waals surface area contributed by atoms with E-state index < -0.39 is 0 Å². The predicted molar refractivity (Wildman–Crippen MR) is 169 cm³/mol. The molecular formula is C36H28BrNO. The topological polar surface area (TPSA) is 16.4 Å². The third-order valence-corrected chi connectivity index (χ3v) is 8.22. The number of aryl methyl sites for hydroxylation is 1. The molecule has 2 nitrogen and oxygen atoms in total. The summed E-state index contributed by atoms with van der Waals surface area (Å²) in [5, 5.41) is 4.72. The van der Waals surface area contributed by atoms with Gasteiger partial charge in [0, 0.05) is 32.3 Å². The van der Waals surface area contributed by atoms with E-state index in [9.17, 15) is 0 Å². The molecule has 0 fully saturated rings. The molecule has 190 valence electrons. The van der Waals surface area contributed by atoms with Gasteiger partial charge in [-0.15, -0.1) is 0 Å². The minimum Gasteiger partial charge on any atom is -0.456 e. The third kappa shape index (κ3) is 4.37. The molecule has 0 N–H and O–H groups in total. The lowest BCUT2D eigenvalue weighted by atomic mass is 9.95. The van der Waals surface area contributed by atoms with Gasteiger partial charge in [0.15, 0.2) is 0 Å². The Bertz CT molecular complexity index is 1910. The maximum absolute atomic E-state index is 6.30. The molecule has 1 aliphatic carbocycles. The van der Waals surface area contributed by atoms with Crippen LogP contribution >= 0.6 is 15.9 Å². The number of furan rings is 1. The molecule has 0 saturated heterocycles. The zero-order valence-corrected chi connectivity index (χ0v) is 23.4. The fourth-order valence-electron chi connectivity index (χ4n) is 5.72. The first-order chi connectivity index (χ1) is 19.2. The Morgan fingerprint density at radius 1 is 0.769 bits per heavy atom. The number of halogens is 1. The summed E-state index contributed by atoms with van der Waals surface area (Å²) in [5.41, 5.74) is 9.18. The lowest BCUT2D eigenvalue weighted by molar-refractivity contribution is 0.669. The Morgan fingerprint density at radius 2 is 1.64 bits per heavy atom. The Balaban J connectivity index is 1.44. The van der Waals surface area contributed by atoms with Gasteiger partial charge >= 0.3 is 0 Å². The average Bonchev–Trinajstić information content (AvgIpc) is 3.35. The standard InChI is InChI=1S/C36H28BrNO/c1-2-24-12-16-29(17-13-24)38(28-9-4-3-5-10-28)30-20-25-8-6-7-11-31(25)33(23-30)26-14-18-32-34-22-27(37)15-19-35(34)39-36(32)21-26/h3-4,6-9,11-23H,2,5,10H2,1H3. The van der Waals surface area contributed by atoms with E-state index in [2.05, 4.69) is 131 Å². The van der Waals surface area contributed by atoms with Crippen LogP contribution in [0.2, 0.25) is 0 Å². The van der Waals surface area contributed by atoms with E-state index in [1.807, 2.05) is 12.1 Å². The van der Waals surface area contributed by atoms with Crippen molar-refractivity contribution in [2.75, 3.05) is 4.90 Å². The highest BCUT2D eigenvalue weighted by molar-refractivity contribution is 9.10. The highest BCUT2D eigenvalue weighted by atomic mass is 79.9. The molecule has 1 heterocycles. The number of fused-ring (bicyclic) bond motifs is 4. The van der Waals surface area contributed by atoms with Crippen LogP contribution in [0.1, 0.15) is 25.3 Å². The fourth-order valence-corrected chi connectivity index (χ4v) is 6.08. The van der Waals surface area contributed by atoms with E-state index in [-0.39, 0.29) is 0 Å². The summed E-state index contributed by atoms with van der Waals surface area (Å²) in [6.45, 7) is 2.20. The minimum atomic E-state index is 0.905. The van der Waals surface area contributed by atoms with Crippen LogP contribution in [0.25, 0.3) is 43.8 Å². The van der Waals surface area contributed by atoms with Gasteiger partial charge in [0.2, 0.25) is 0 Å². The first kappa shape index (κ1) is 24.0. The summed E-state index contributed by atoms with van der Waals surface area (Å²) in [5.74, 6) is 0. The Morgan fingerprint density at radius 3 is 2.46 bits per heavy atom. The molecule has 0 unspecified atom stereocenters. The summed E-state index contributed by atoms with van der Waals surface area (Å²) in [7, 11) is 0. The van der Waals surface area contributed by atoms with Crippen molar-refractivity contribution in [1.82, 2.24) is 0 Å². The number of allylic oxidation sites excluding steroid dienone is 4. The quantitative estimate of drug-likeness (QED) is 0.205. The van der Waals surface area contributed by atoms with Crippen LogP contribution in [0.4, 0.5) is 11.4 Å². The zero-order chi connectivity index (χ0) is 26.3. The van der Waals surface area contributed by atoms with Gasteiger partial charge in [-0.2, -0.15) is 0 Å². The van der Waals surface area contributed by atoms with Crippen molar-refractivity contribution in [2.24, 2.45) is 0 Å². The summed E-state index contributed by atoms with van der Waals surface area (Å²) >= 11 is 3.61. The van der Waals surface area contributed by atoms with Gasteiger partial charge in [0.1, 0.15) is 11.2 Å². The molecule has 3 heteroatoms. The van der Waals surface area contributed by atoms with Crippen molar-refractivity contribution in [3.05, 3.63) is 131 Å². The zero-order valence-electron chi connectivity index (χ0n) is 21.8. The largest absolute Gasteiger partial charge is 0.456 e. The molecule has 1 aliphatic rings. The van der Waals surface area contributed by atoms with Crippen molar-refractivity contribution >= 4 is 60.0 Å². The molecular weight excluding hydrogens is 542 g/mol. The monoisotopic (exact) mass is 569 g/mol. The van der Waals surface area contributed by atoms with E-state index in [1.54, 1.807) is 0 Å². The maximum atomic E-state index is 6.30. The number of anilines is 2. The Labute approximate surface area is 237 Å². The smallest absolute Gasteiger partial charge is 0.136 e. The third-order valence-electron chi connectivity index (χ3n) is 7.73. The molecule has 0 atom stereocenters. The SMILES string of the molecule is CCc1ccc(N(C2=CC=CCC2)c2cc(-c3ccc4c(c3)oc3ccc(Br)cc34)c3ccccc3c2)cc1. The van der Waals surface area contributed by atoms with E-state index in [0.717, 1.165) is 51.2 Å². The number of hydrogen-bond donors (Lipinski definition) is 0. The number of hydrogen-bond acceptors (Lipinski definition) is 2. The second kappa shape index (κ2) is 9.91. The van der Waals surface area contributed by atoms with Crippen LogP contribution in [-0.2, 0) is 6.42 Å². The molecule has 0 bridgehead atoms. The predicted octanol–water partition coefficient (Wildman–Crippen LogP) is 11.1. The van der Waals surface area contributed by atoms with Gasteiger partial charge in [0.05, 0.1) is 0 Å². The van der Waals surface area contributed by atoms with Crippen LogP contribution in [0.3, 0.4) is 0 Å². The molecule has 0 spiro atoms. The van der Waals surface area contributed by atoms with Gasteiger partial charge in [-0.05, 0) is 107 Å². The molecule has 1 aromatic heterocycles. The van der Waals surface area contributed by atoms with Crippen molar-refractivity contribution < 1.29 is 4.42 Å². The average molecular weight is 571 g/mol. The number of nitrogens with zero attached hydrogens (tertiary/aromatic N) is 1. The van der Waals surface area contributed by atoms with Crippen molar-refractivity contribution in [3.63, 3.8) is 0 Å². The number of rotatable bonds is 5. The fraction of sp³-hybridized carbons (Fsp3) is 0.111. The molecule has 0 saturated carbocycles. The number of benzene rings is 5. The van der Waals surface area contributed by atoms with E-state index >= 15 is 0 Å². The Hall–Kier alpha value is -4.08. The Kier molecular flexibility index (Phi) is 6.09. The van der Waals surface area contributed by atoms with Crippen LogP contribution in [0.15, 0.2) is 130 Å². The molecule has 0 amide bonds. The van der Waals surface area contributed by atoms with Crippen LogP contribution in [0.5, 0.6) is 0 Å². The van der Waals surface area contributed by atoms with Crippen LogP contribution < -0.4 is 4.90 Å². The lowest BCUT2D eigenvalue weighted by Gasteiger charge is -2.30. The lowest BCUT2D eigenvalue weighted by Crippen LogP contribution is -2.17. The molecule has 0 radical (unpaired) electrons. The van der Waals surface area contributed by atoms with Gasteiger partial charge < -0.3 is 9.32 Å². The van der Waals surface area contributed by atoms with Crippen molar-refractivity contribution in [2.45, 2.75) is 26.2 Å². The van der Waals surface area contributed by atoms with Gasteiger partial charge in [-0.1, -0.05) is 77.5 Å². The first-order valence-electron chi connectivity index (χ1n) is 13.6. The van der Waals surface area contributed by atoms with Gasteiger partial charge in [0.25, 0.3) is 0 Å². The van der Waals surface area contributed by atoms with Gasteiger partial charge in [-0.25, -0.2) is 0 Å². The second-order valence-corrected chi connectivity index (χ2v) is 11.1. The van der Waals surface area contributed by atoms with Gasteiger partial charge in [-0.3, -0.25) is 0 Å². The molecule has 39 heavy (non-hydrogen) atoms. The summed E-state index contributed by atoms with van der Waals surface area (Å²) in [6, 6.07) is 35.2. The van der Waals surface area contributed by atoms with E-state index in [4.69, 9.17) is 4.42 Å². The second-order valence-electron chi connectivity index (χ2n) is 10.1. The highest BCUT2D eigenvalue weighted by Gasteiger charge is 2.19. The minimum absolute atomic E-state index is 0.905. The first-order valence-corrected chi connectivity index (χ1v) is 14.4. The van der Waals surface area contributed by atoms with Crippen molar-refractivity contribution in [3.8, 4) is 11.1 Å². The van der Waals surface area contributed by atoms with Crippen LogP contribution in [-0.4, -0.2) is 0 Å². The summed E-state index contributed by atoms with van der Waals surface area (Å²) in [4.78, 5) is 2.43. The highest BCUT2D eigenvalue weighted by Crippen LogP contribution is 2.41. The van der Waals surface area contributed by atoms with Crippen molar-refractivity contribution in [1.29, 1.82) is 0 Å². The normalized spacial score (nSPS) is 13.3. The van der Waals surface area contributed by atoms with E-state index in [1.165, 1.54) is 39.0 Å². The summed E-state index contributed by atoms with van der Waals surface area (Å²) < 4.78 is 7.35. The molecule has 5 aromatic carbocycles. The maximum Gasteiger partial charge on any atom is 0.136 e. The summed E-state index contributed by atoms with van der Waals surface area (Å²) in [6.07, 6.45) is 9.78. The molecule has 7 rings (SSSR count). The van der Waals surface area contributed by atoms with Crippen LogP contribution in [0, 0.1) is 0 Å².